The fourth-order valence-electron chi connectivity index (χ4n) is 2.53. The monoisotopic (exact) mass is 406 g/mol. The molecule has 0 aliphatic carbocycles. The average molecular weight is 407 g/mol. The van der Waals surface area contributed by atoms with Crippen molar-refractivity contribution in [1.82, 2.24) is 10.1 Å². The number of benzene rings is 2. The Bertz CT molecular complexity index is 1090. The minimum atomic E-state index is -0.520. The van der Waals surface area contributed by atoms with Crippen LogP contribution in [0.3, 0.4) is 0 Å². The zero-order valence-electron chi connectivity index (χ0n) is 15.1. The van der Waals surface area contributed by atoms with Gasteiger partial charge in [0, 0.05) is 28.9 Å². The largest absolute Gasteiger partial charge is 0.454 e. The van der Waals surface area contributed by atoms with Crippen molar-refractivity contribution in [1.29, 1.82) is 0 Å². The predicted octanol–water partition coefficient (Wildman–Crippen LogP) is 5.54. The first-order valence-electron chi connectivity index (χ1n) is 8.75. The Labute approximate surface area is 171 Å². The molecule has 0 saturated carbocycles. The van der Waals surface area contributed by atoms with Gasteiger partial charge in [0.2, 0.25) is 5.88 Å². The van der Waals surface area contributed by atoms with Gasteiger partial charge in [-0.05, 0) is 30.3 Å². The van der Waals surface area contributed by atoms with E-state index in [1.807, 2.05) is 42.5 Å². The molecule has 6 nitrogen and oxygen atoms in total. The van der Waals surface area contributed by atoms with Crippen LogP contribution >= 0.6 is 11.6 Å². The third-order valence-electron chi connectivity index (χ3n) is 3.98. The van der Waals surface area contributed by atoms with Crippen LogP contribution in [-0.4, -0.2) is 16.1 Å². The molecular formula is C22H15ClN2O4. The number of ether oxygens (including phenoxy) is 2. The van der Waals surface area contributed by atoms with E-state index in [1.54, 1.807) is 30.3 Å². The maximum atomic E-state index is 12.2. The van der Waals surface area contributed by atoms with Crippen LogP contribution in [-0.2, 0) is 11.3 Å². The number of hydrogen-bond donors (Lipinski definition) is 0. The van der Waals surface area contributed by atoms with Gasteiger partial charge in [0.25, 0.3) is 0 Å². The summed E-state index contributed by atoms with van der Waals surface area (Å²) in [5.41, 5.74) is 1.80. The summed E-state index contributed by atoms with van der Waals surface area (Å²) in [6.45, 7) is -0.0400. The quantitative estimate of drug-likeness (QED) is 0.391. The standard InChI is InChI=1S/C22H15ClN2O4/c23-17-9-6-15(7-10-17)20-12-19(29-25-20)14-27-22(26)16-8-11-21(24-13-16)28-18-4-2-1-3-5-18/h1-13H,14H2. The normalized spacial score (nSPS) is 10.5. The van der Waals surface area contributed by atoms with Crippen molar-refractivity contribution in [2.45, 2.75) is 6.61 Å². The predicted molar refractivity (Wildman–Crippen MR) is 107 cm³/mol. The fraction of sp³-hybridized carbons (Fsp3) is 0.0455. The molecule has 2 heterocycles. The lowest BCUT2D eigenvalue weighted by Gasteiger charge is -2.05. The molecule has 0 N–H and O–H groups in total. The van der Waals surface area contributed by atoms with Gasteiger partial charge < -0.3 is 14.0 Å². The number of aromatic nitrogens is 2. The lowest BCUT2D eigenvalue weighted by Crippen LogP contribution is -2.05. The Morgan fingerprint density at radius 1 is 1.00 bits per heavy atom. The highest BCUT2D eigenvalue weighted by molar-refractivity contribution is 6.30. The van der Waals surface area contributed by atoms with Gasteiger partial charge in [-0.3, -0.25) is 0 Å². The first-order chi connectivity index (χ1) is 14.2. The second-order valence-electron chi connectivity index (χ2n) is 6.06. The Balaban J connectivity index is 1.34. The third-order valence-corrected chi connectivity index (χ3v) is 4.23. The average Bonchev–Trinajstić information content (AvgIpc) is 3.23. The molecule has 0 amide bonds. The van der Waals surface area contributed by atoms with Crippen molar-refractivity contribution in [3.05, 3.63) is 95.3 Å². The van der Waals surface area contributed by atoms with Crippen LogP contribution < -0.4 is 4.74 Å². The molecule has 29 heavy (non-hydrogen) atoms. The molecule has 0 bridgehead atoms. The Hall–Kier alpha value is -3.64. The molecule has 0 radical (unpaired) electrons. The van der Waals surface area contributed by atoms with Crippen LogP contribution in [0, 0.1) is 0 Å². The molecule has 0 unspecified atom stereocenters. The molecule has 0 saturated heterocycles. The smallest absolute Gasteiger partial charge is 0.340 e. The first-order valence-corrected chi connectivity index (χ1v) is 9.13. The summed E-state index contributed by atoms with van der Waals surface area (Å²) in [5, 5.41) is 4.62. The number of halogens is 1. The van der Waals surface area contributed by atoms with Crippen molar-refractivity contribution in [3.8, 4) is 22.9 Å². The summed E-state index contributed by atoms with van der Waals surface area (Å²) in [6.07, 6.45) is 1.40. The number of carbonyl (C=O) groups excluding carboxylic acids is 1. The van der Waals surface area contributed by atoms with E-state index < -0.39 is 5.97 Å². The Morgan fingerprint density at radius 2 is 1.79 bits per heavy atom. The molecule has 0 spiro atoms. The number of carbonyl (C=O) groups is 1. The van der Waals surface area contributed by atoms with Crippen molar-refractivity contribution in [3.63, 3.8) is 0 Å². The van der Waals surface area contributed by atoms with E-state index >= 15 is 0 Å². The van der Waals surface area contributed by atoms with Gasteiger partial charge in [-0.1, -0.05) is 47.1 Å². The Kier molecular flexibility index (Phi) is 5.54. The zero-order chi connectivity index (χ0) is 20.1. The van der Waals surface area contributed by atoms with E-state index in [0.717, 1.165) is 5.56 Å². The first kappa shape index (κ1) is 18.7. The second kappa shape index (κ2) is 8.58. The maximum absolute atomic E-state index is 12.2. The van der Waals surface area contributed by atoms with E-state index in [2.05, 4.69) is 10.1 Å². The maximum Gasteiger partial charge on any atom is 0.340 e. The molecule has 0 aliphatic heterocycles. The van der Waals surface area contributed by atoms with Gasteiger partial charge in [-0.2, -0.15) is 0 Å². The van der Waals surface area contributed by atoms with Crippen LogP contribution in [0.4, 0.5) is 0 Å². The third kappa shape index (κ3) is 4.80. The highest BCUT2D eigenvalue weighted by atomic mass is 35.5. The summed E-state index contributed by atoms with van der Waals surface area (Å²) < 4.78 is 16.1. The van der Waals surface area contributed by atoms with Gasteiger partial charge in [0.1, 0.15) is 11.4 Å². The van der Waals surface area contributed by atoms with E-state index in [-0.39, 0.29) is 6.61 Å². The molecule has 144 valence electrons. The lowest BCUT2D eigenvalue weighted by molar-refractivity contribution is 0.0437. The number of rotatable bonds is 6. The minimum absolute atomic E-state index is 0.0400. The number of nitrogens with zero attached hydrogens (tertiary/aromatic N) is 2. The lowest BCUT2D eigenvalue weighted by atomic mass is 10.1. The summed E-state index contributed by atoms with van der Waals surface area (Å²) in [6, 6.07) is 21.4. The zero-order valence-corrected chi connectivity index (χ0v) is 15.9. The molecule has 2 aromatic heterocycles. The van der Waals surface area contributed by atoms with E-state index in [0.29, 0.717) is 33.7 Å². The molecule has 2 aromatic carbocycles. The summed E-state index contributed by atoms with van der Waals surface area (Å²) >= 11 is 5.88. The van der Waals surface area contributed by atoms with Crippen LogP contribution in [0.1, 0.15) is 16.1 Å². The van der Waals surface area contributed by atoms with Crippen LogP contribution in [0.5, 0.6) is 11.6 Å². The second-order valence-corrected chi connectivity index (χ2v) is 6.50. The van der Waals surface area contributed by atoms with Gasteiger partial charge in [0.15, 0.2) is 12.4 Å². The molecule has 0 fully saturated rings. The summed E-state index contributed by atoms with van der Waals surface area (Å²) in [7, 11) is 0. The van der Waals surface area contributed by atoms with Crippen LogP contribution in [0.15, 0.2) is 83.5 Å². The highest BCUT2D eigenvalue weighted by Gasteiger charge is 2.12. The van der Waals surface area contributed by atoms with Gasteiger partial charge >= 0.3 is 5.97 Å². The number of esters is 1. The number of para-hydroxylation sites is 1. The van der Waals surface area contributed by atoms with Gasteiger partial charge in [-0.25, -0.2) is 9.78 Å². The Morgan fingerprint density at radius 3 is 2.52 bits per heavy atom. The molecule has 4 rings (SSSR count). The van der Waals surface area contributed by atoms with Crippen molar-refractivity contribution in [2.75, 3.05) is 0 Å². The van der Waals surface area contributed by atoms with Crippen molar-refractivity contribution in [2.24, 2.45) is 0 Å². The van der Waals surface area contributed by atoms with Crippen molar-refractivity contribution >= 4 is 17.6 Å². The molecule has 4 aromatic rings. The highest BCUT2D eigenvalue weighted by Crippen LogP contribution is 2.22. The SMILES string of the molecule is O=C(OCc1cc(-c2ccc(Cl)cc2)no1)c1ccc(Oc2ccccc2)nc1. The van der Waals surface area contributed by atoms with Crippen molar-refractivity contribution < 1.29 is 18.8 Å². The molecular weight excluding hydrogens is 392 g/mol. The fourth-order valence-corrected chi connectivity index (χ4v) is 2.65. The van der Waals surface area contributed by atoms with Gasteiger partial charge in [-0.15, -0.1) is 0 Å². The minimum Gasteiger partial charge on any atom is -0.454 e. The van der Waals surface area contributed by atoms with Crippen LogP contribution in [0.2, 0.25) is 5.02 Å². The number of pyridine rings is 1. The van der Waals surface area contributed by atoms with E-state index in [1.165, 1.54) is 6.20 Å². The topological polar surface area (TPSA) is 74.5 Å². The summed E-state index contributed by atoms with van der Waals surface area (Å²) in [4.78, 5) is 16.4. The summed E-state index contributed by atoms with van der Waals surface area (Å²) in [5.74, 6) is 0.959. The molecule has 0 atom stereocenters. The van der Waals surface area contributed by atoms with E-state index in [4.69, 9.17) is 25.6 Å². The number of hydrogen-bond acceptors (Lipinski definition) is 6. The van der Waals surface area contributed by atoms with E-state index in [9.17, 15) is 4.79 Å². The van der Waals surface area contributed by atoms with Crippen LogP contribution in [0.25, 0.3) is 11.3 Å². The molecule has 7 heteroatoms. The van der Waals surface area contributed by atoms with Gasteiger partial charge in [0.05, 0.1) is 5.56 Å². The molecule has 0 aliphatic rings.